The van der Waals surface area contributed by atoms with E-state index < -0.39 is 5.82 Å². The van der Waals surface area contributed by atoms with E-state index in [1.807, 2.05) is 0 Å². The van der Waals surface area contributed by atoms with Gasteiger partial charge in [0.15, 0.2) is 0 Å². The van der Waals surface area contributed by atoms with Crippen molar-refractivity contribution in [1.29, 1.82) is 0 Å². The van der Waals surface area contributed by atoms with Gasteiger partial charge in [0.2, 0.25) is 5.91 Å². The van der Waals surface area contributed by atoms with Crippen molar-refractivity contribution in [2.24, 2.45) is 5.92 Å². The zero-order valence-corrected chi connectivity index (χ0v) is 16.1. The van der Waals surface area contributed by atoms with E-state index in [0.29, 0.717) is 37.2 Å². The summed E-state index contributed by atoms with van der Waals surface area (Å²) in [5, 5.41) is 2.99. The van der Waals surface area contributed by atoms with Crippen LogP contribution in [-0.2, 0) is 4.79 Å². The molecule has 1 N–H and O–H groups in total. The fourth-order valence-electron chi connectivity index (χ4n) is 3.26. The van der Waals surface area contributed by atoms with E-state index in [2.05, 4.69) is 12.2 Å². The number of hydrogen-bond donors (Lipinski definition) is 1. The second kappa shape index (κ2) is 9.55. The van der Waals surface area contributed by atoms with Crippen molar-refractivity contribution >= 4 is 17.5 Å². The van der Waals surface area contributed by atoms with Crippen LogP contribution in [0.15, 0.2) is 18.2 Å². The van der Waals surface area contributed by atoms with Crippen molar-refractivity contribution in [3.05, 3.63) is 29.6 Å². The Kier molecular flexibility index (Phi) is 7.42. The van der Waals surface area contributed by atoms with Gasteiger partial charge in [-0.2, -0.15) is 0 Å². The summed E-state index contributed by atoms with van der Waals surface area (Å²) in [5.74, 6) is -0.513. The first-order valence-corrected chi connectivity index (χ1v) is 9.48. The van der Waals surface area contributed by atoms with Gasteiger partial charge in [-0.05, 0) is 37.5 Å². The van der Waals surface area contributed by atoms with Crippen molar-refractivity contribution in [2.75, 3.05) is 38.6 Å². The highest BCUT2D eigenvalue weighted by atomic mass is 19.1. The van der Waals surface area contributed by atoms with Gasteiger partial charge >= 0.3 is 0 Å². The van der Waals surface area contributed by atoms with E-state index >= 15 is 0 Å². The summed E-state index contributed by atoms with van der Waals surface area (Å²) in [6, 6.07) is 4.58. The number of nitrogens with one attached hydrogen (secondary N) is 1. The van der Waals surface area contributed by atoms with Gasteiger partial charge in [0.05, 0.1) is 5.69 Å². The molecule has 26 heavy (non-hydrogen) atoms. The van der Waals surface area contributed by atoms with Crippen LogP contribution < -0.4 is 10.2 Å². The SMILES string of the molecule is CCCCCNC(=O)C1CCN(C(=O)c2ccc(N(C)C)c(F)c2)CC1. The number of nitrogens with zero attached hydrogens (tertiary/aromatic N) is 2. The molecule has 0 bridgehead atoms. The molecule has 0 aromatic heterocycles. The summed E-state index contributed by atoms with van der Waals surface area (Å²) >= 11 is 0. The van der Waals surface area contributed by atoms with E-state index in [1.54, 1.807) is 36.0 Å². The third-order valence-electron chi connectivity index (χ3n) is 4.91. The van der Waals surface area contributed by atoms with Crippen molar-refractivity contribution in [1.82, 2.24) is 10.2 Å². The molecule has 5 nitrogen and oxygen atoms in total. The lowest BCUT2D eigenvalue weighted by Crippen LogP contribution is -2.43. The average molecular weight is 363 g/mol. The molecule has 1 aromatic carbocycles. The molecule has 144 valence electrons. The zero-order valence-electron chi connectivity index (χ0n) is 16.1. The molecule has 1 saturated heterocycles. The molecule has 0 spiro atoms. The smallest absolute Gasteiger partial charge is 0.253 e. The van der Waals surface area contributed by atoms with Gasteiger partial charge < -0.3 is 15.1 Å². The summed E-state index contributed by atoms with van der Waals surface area (Å²) in [4.78, 5) is 28.2. The molecule has 0 atom stereocenters. The minimum atomic E-state index is -0.401. The van der Waals surface area contributed by atoms with Crippen molar-refractivity contribution in [3.8, 4) is 0 Å². The van der Waals surface area contributed by atoms with Gasteiger partial charge in [-0.25, -0.2) is 4.39 Å². The maximum Gasteiger partial charge on any atom is 0.253 e. The molecule has 1 aliphatic rings. The molecule has 2 rings (SSSR count). The fraction of sp³-hybridized carbons (Fsp3) is 0.600. The summed E-state index contributed by atoms with van der Waals surface area (Å²) in [6.45, 7) is 3.92. The lowest BCUT2D eigenvalue weighted by Gasteiger charge is -2.31. The molecule has 0 saturated carbocycles. The van der Waals surface area contributed by atoms with Crippen LogP contribution in [-0.4, -0.2) is 50.4 Å². The van der Waals surface area contributed by atoms with E-state index in [0.717, 1.165) is 25.8 Å². The third kappa shape index (κ3) is 5.19. The maximum absolute atomic E-state index is 14.1. The monoisotopic (exact) mass is 363 g/mol. The van der Waals surface area contributed by atoms with Crippen LogP contribution in [0.1, 0.15) is 49.4 Å². The Morgan fingerprint density at radius 2 is 1.92 bits per heavy atom. The molecule has 0 radical (unpaired) electrons. The number of carbonyl (C=O) groups is 2. The number of rotatable bonds is 7. The number of piperidine rings is 1. The number of benzene rings is 1. The van der Waals surface area contributed by atoms with Crippen LogP contribution in [0, 0.1) is 11.7 Å². The molecule has 0 aliphatic carbocycles. The number of hydrogen-bond acceptors (Lipinski definition) is 3. The van der Waals surface area contributed by atoms with Crippen LogP contribution in [0.3, 0.4) is 0 Å². The Hall–Kier alpha value is -2.11. The molecule has 1 aromatic rings. The van der Waals surface area contributed by atoms with Gasteiger partial charge in [-0.15, -0.1) is 0 Å². The first kappa shape index (κ1) is 20.2. The van der Waals surface area contributed by atoms with Crippen LogP contribution >= 0.6 is 0 Å². The quantitative estimate of drug-likeness (QED) is 0.758. The topological polar surface area (TPSA) is 52.7 Å². The highest BCUT2D eigenvalue weighted by Gasteiger charge is 2.28. The molecule has 1 heterocycles. The Balaban J connectivity index is 1.86. The highest BCUT2D eigenvalue weighted by molar-refractivity contribution is 5.94. The first-order chi connectivity index (χ1) is 12.4. The Labute approximate surface area is 155 Å². The molecular formula is C20H30FN3O2. The van der Waals surface area contributed by atoms with Crippen LogP contribution in [0.2, 0.25) is 0 Å². The van der Waals surface area contributed by atoms with Crippen molar-refractivity contribution < 1.29 is 14.0 Å². The van der Waals surface area contributed by atoms with Crippen molar-refractivity contribution in [2.45, 2.75) is 39.0 Å². The number of likely N-dealkylation sites (tertiary alicyclic amines) is 1. The van der Waals surface area contributed by atoms with Gasteiger partial charge in [0.1, 0.15) is 5.82 Å². The number of halogens is 1. The number of amides is 2. The van der Waals surface area contributed by atoms with Crippen LogP contribution in [0.4, 0.5) is 10.1 Å². The average Bonchev–Trinajstić information content (AvgIpc) is 2.64. The molecule has 1 aliphatic heterocycles. The lowest BCUT2D eigenvalue weighted by molar-refractivity contribution is -0.126. The third-order valence-corrected chi connectivity index (χ3v) is 4.91. The normalized spacial score (nSPS) is 15.0. The standard InChI is InChI=1S/C20H30FN3O2/c1-4-5-6-11-22-19(25)15-9-12-24(13-10-15)20(26)16-7-8-18(23(2)3)17(21)14-16/h7-8,14-15H,4-6,9-13H2,1-3H3,(H,22,25). The van der Waals surface area contributed by atoms with Crippen LogP contribution in [0.25, 0.3) is 0 Å². The van der Waals surface area contributed by atoms with E-state index in [9.17, 15) is 14.0 Å². The Bertz CT molecular complexity index is 625. The minimum Gasteiger partial charge on any atom is -0.375 e. The first-order valence-electron chi connectivity index (χ1n) is 9.48. The second-order valence-corrected chi connectivity index (χ2v) is 7.13. The lowest BCUT2D eigenvalue weighted by atomic mass is 9.95. The second-order valence-electron chi connectivity index (χ2n) is 7.13. The fourth-order valence-corrected chi connectivity index (χ4v) is 3.26. The maximum atomic E-state index is 14.1. The summed E-state index contributed by atoms with van der Waals surface area (Å²) < 4.78 is 14.1. The summed E-state index contributed by atoms with van der Waals surface area (Å²) in [7, 11) is 3.52. The predicted octanol–water partition coefficient (Wildman–Crippen LogP) is 3.05. The van der Waals surface area contributed by atoms with Gasteiger partial charge in [0, 0.05) is 45.2 Å². The van der Waals surface area contributed by atoms with E-state index in [-0.39, 0.29) is 17.7 Å². The predicted molar refractivity (Wildman–Crippen MR) is 102 cm³/mol. The number of carbonyl (C=O) groups excluding carboxylic acids is 2. The van der Waals surface area contributed by atoms with Crippen LogP contribution in [0.5, 0.6) is 0 Å². The van der Waals surface area contributed by atoms with Gasteiger partial charge in [0.25, 0.3) is 5.91 Å². The molecule has 2 amide bonds. The Morgan fingerprint density at radius 1 is 1.23 bits per heavy atom. The Morgan fingerprint density at radius 3 is 2.50 bits per heavy atom. The largest absolute Gasteiger partial charge is 0.375 e. The zero-order chi connectivity index (χ0) is 19.1. The number of anilines is 1. The summed E-state index contributed by atoms with van der Waals surface area (Å²) in [5.41, 5.74) is 0.815. The molecule has 6 heteroatoms. The van der Waals surface area contributed by atoms with Gasteiger partial charge in [-0.3, -0.25) is 9.59 Å². The highest BCUT2D eigenvalue weighted by Crippen LogP contribution is 2.22. The summed E-state index contributed by atoms with van der Waals surface area (Å²) in [6.07, 6.45) is 4.57. The van der Waals surface area contributed by atoms with Gasteiger partial charge in [-0.1, -0.05) is 19.8 Å². The molecule has 1 fully saturated rings. The number of unbranched alkanes of at least 4 members (excludes halogenated alkanes) is 2. The molecular weight excluding hydrogens is 333 g/mol. The van der Waals surface area contributed by atoms with Crippen molar-refractivity contribution in [3.63, 3.8) is 0 Å². The molecule has 0 unspecified atom stereocenters. The van der Waals surface area contributed by atoms with E-state index in [1.165, 1.54) is 6.07 Å². The van der Waals surface area contributed by atoms with E-state index in [4.69, 9.17) is 0 Å². The minimum absolute atomic E-state index is 0.0338.